The zero-order valence-electron chi connectivity index (χ0n) is 11.6. The first-order valence-corrected chi connectivity index (χ1v) is 7.58. The third-order valence-electron chi connectivity index (χ3n) is 3.55. The summed E-state index contributed by atoms with van der Waals surface area (Å²) in [4.78, 5) is 0. The quantitative estimate of drug-likeness (QED) is 0.886. The summed E-state index contributed by atoms with van der Waals surface area (Å²) in [6.45, 7) is 1.80. The summed E-state index contributed by atoms with van der Waals surface area (Å²) in [5, 5.41) is 12.5. The van der Waals surface area contributed by atoms with Crippen molar-refractivity contribution in [1.82, 2.24) is 15.5 Å². The molecule has 1 unspecified atom stereocenters. The van der Waals surface area contributed by atoms with Crippen molar-refractivity contribution in [3.63, 3.8) is 0 Å². The van der Waals surface area contributed by atoms with Crippen LogP contribution in [0.5, 0.6) is 0 Å². The van der Waals surface area contributed by atoms with Gasteiger partial charge in [-0.05, 0) is 25.5 Å². The third kappa shape index (κ3) is 3.59. The van der Waals surface area contributed by atoms with E-state index in [0.717, 1.165) is 37.0 Å². The van der Waals surface area contributed by atoms with Crippen LogP contribution in [-0.4, -0.2) is 23.3 Å². The van der Waals surface area contributed by atoms with Crippen LogP contribution in [0, 0.1) is 0 Å². The van der Waals surface area contributed by atoms with Gasteiger partial charge in [0.1, 0.15) is 10.0 Å². The van der Waals surface area contributed by atoms with Crippen LogP contribution >= 0.6 is 23.7 Å². The molecule has 1 atom stereocenters. The maximum absolute atomic E-state index is 13.0. The van der Waals surface area contributed by atoms with Gasteiger partial charge in [0.15, 0.2) is 0 Å². The van der Waals surface area contributed by atoms with Crippen molar-refractivity contribution in [2.45, 2.75) is 24.9 Å². The topological polar surface area (TPSA) is 37.8 Å². The highest BCUT2D eigenvalue weighted by Gasteiger charge is 2.34. The molecule has 0 radical (unpaired) electrons. The number of aromatic nitrogens is 2. The molecular formula is C14H15ClF3N3S. The molecule has 1 saturated heterocycles. The average Bonchev–Trinajstić information content (AvgIpc) is 2.97. The molecular weight excluding hydrogens is 335 g/mol. The molecule has 22 heavy (non-hydrogen) atoms. The minimum atomic E-state index is -4.38. The van der Waals surface area contributed by atoms with E-state index >= 15 is 0 Å². The summed E-state index contributed by atoms with van der Waals surface area (Å²) in [5.41, 5.74) is -0.549. The van der Waals surface area contributed by atoms with E-state index in [1.807, 2.05) is 0 Å². The second-order valence-corrected chi connectivity index (χ2v) is 6.04. The standard InChI is InChI=1S/C14H14F3N3S.ClH/c15-14(16,17)11-6-2-1-5-10(11)13-20-19-12(21-13)9-4-3-7-18-8-9;/h1-2,5-6,9,18H,3-4,7-8H2;1H. The smallest absolute Gasteiger partial charge is 0.316 e. The van der Waals surface area contributed by atoms with Crippen LogP contribution in [0.4, 0.5) is 13.2 Å². The average molecular weight is 350 g/mol. The minimum absolute atomic E-state index is 0. The molecule has 3 rings (SSSR count). The van der Waals surface area contributed by atoms with E-state index in [2.05, 4.69) is 15.5 Å². The van der Waals surface area contributed by atoms with Crippen LogP contribution in [0.3, 0.4) is 0 Å². The molecule has 0 saturated carbocycles. The minimum Gasteiger partial charge on any atom is -0.316 e. The van der Waals surface area contributed by atoms with Gasteiger partial charge in [0, 0.05) is 18.0 Å². The lowest BCUT2D eigenvalue weighted by molar-refractivity contribution is -0.137. The lowest BCUT2D eigenvalue weighted by Gasteiger charge is -2.19. The number of nitrogens with one attached hydrogen (secondary N) is 1. The molecule has 1 N–H and O–H groups in total. The Hall–Kier alpha value is -1.18. The number of nitrogens with zero attached hydrogens (tertiary/aromatic N) is 2. The van der Waals surface area contributed by atoms with Crippen molar-refractivity contribution in [3.05, 3.63) is 34.8 Å². The monoisotopic (exact) mass is 349 g/mol. The van der Waals surface area contributed by atoms with Gasteiger partial charge in [-0.1, -0.05) is 29.5 Å². The molecule has 1 aliphatic rings. The summed E-state index contributed by atoms with van der Waals surface area (Å²) in [5.74, 6) is 0.253. The fourth-order valence-corrected chi connectivity index (χ4v) is 3.51. The van der Waals surface area contributed by atoms with E-state index in [0.29, 0.717) is 5.01 Å². The van der Waals surface area contributed by atoms with Crippen LogP contribution in [0.2, 0.25) is 0 Å². The van der Waals surface area contributed by atoms with E-state index in [1.54, 1.807) is 6.07 Å². The number of halogens is 4. The van der Waals surface area contributed by atoms with Gasteiger partial charge in [0.05, 0.1) is 5.56 Å². The molecule has 120 valence electrons. The normalized spacial score (nSPS) is 18.8. The molecule has 1 aromatic heterocycles. The van der Waals surface area contributed by atoms with Gasteiger partial charge in [0.2, 0.25) is 0 Å². The van der Waals surface area contributed by atoms with Gasteiger partial charge in [0.25, 0.3) is 0 Å². The van der Waals surface area contributed by atoms with Crippen LogP contribution in [-0.2, 0) is 6.18 Å². The first-order chi connectivity index (χ1) is 10.1. The zero-order valence-corrected chi connectivity index (χ0v) is 13.2. The summed E-state index contributed by atoms with van der Waals surface area (Å²) < 4.78 is 39.1. The molecule has 0 amide bonds. The first kappa shape index (κ1) is 17.2. The number of rotatable bonds is 2. The molecule has 1 aliphatic heterocycles. The first-order valence-electron chi connectivity index (χ1n) is 6.76. The SMILES string of the molecule is Cl.FC(F)(F)c1ccccc1-c1nnc(C2CCCNC2)s1. The Kier molecular flexibility index (Phi) is 5.41. The predicted octanol–water partition coefficient (Wildman–Crippen LogP) is 4.11. The second-order valence-electron chi connectivity index (χ2n) is 5.03. The largest absolute Gasteiger partial charge is 0.417 e. The van der Waals surface area contributed by atoms with Crippen LogP contribution in [0.15, 0.2) is 24.3 Å². The van der Waals surface area contributed by atoms with E-state index in [-0.39, 0.29) is 23.9 Å². The van der Waals surface area contributed by atoms with Gasteiger partial charge < -0.3 is 5.32 Å². The highest BCUT2D eigenvalue weighted by atomic mass is 35.5. The highest BCUT2D eigenvalue weighted by molar-refractivity contribution is 7.14. The molecule has 2 heterocycles. The Morgan fingerprint density at radius 3 is 2.64 bits per heavy atom. The van der Waals surface area contributed by atoms with Gasteiger partial charge in [-0.2, -0.15) is 13.2 Å². The number of hydrogen-bond acceptors (Lipinski definition) is 4. The Bertz CT molecular complexity index is 624. The van der Waals surface area contributed by atoms with Crippen molar-refractivity contribution in [2.24, 2.45) is 0 Å². The van der Waals surface area contributed by atoms with Crippen molar-refractivity contribution in [1.29, 1.82) is 0 Å². The Labute approximate surface area is 136 Å². The van der Waals surface area contributed by atoms with Gasteiger partial charge in [-0.3, -0.25) is 0 Å². The molecule has 0 spiro atoms. The second kappa shape index (κ2) is 6.93. The maximum Gasteiger partial charge on any atom is 0.417 e. The number of benzene rings is 1. The highest BCUT2D eigenvalue weighted by Crippen LogP contribution is 2.39. The Morgan fingerprint density at radius 2 is 1.95 bits per heavy atom. The van der Waals surface area contributed by atoms with Crippen LogP contribution in [0.25, 0.3) is 10.6 Å². The van der Waals surface area contributed by atoms with E-state index in [1.165, 1.54) is 23.5 Å². The summed E-state index contributed by atoms with van der Waals surface area (Å²) in [6, 6.07) is 5.51. The molecule has 3 nitrogen and oxygen atoms in total. The lowest BCUT2D eigenvalue weighted by Crippen LogP contribution is -2.28. The predicted molar refractivity (Wildman–Crippen MR) is 82.4 cm³/mol. The number of hydrogen-bond donors (Lipinski definition) is 1. The third-order valence-corrected chi connectivity index (χ3v) is 4.67. The van der Waals surface area contributed by atoms with Crippen molar-refractivity contribution in [2.75, 3.05) is 13.1 Å². The molecule has 2 aromatic rings. The fraction of sp³-hybridized carbons (Fsp3) is 0.429. The molecule has 1 aromatic carbocycles. The molecule has 0 bridgehead atoms. The Balaban J connectivity index is 0.00000176. The van der Waals surface area contributed by atoms with Crippen molar-refractivity contribution in [3.8, 4) is 10.6 Å². The zero-order chi connectivity index (χ0) is 14.9. The van der Waals surface area contributed by atoms with E-state index in [4.69, 9.17) is 0 Å². The summed E-state index contributed by atoms with van der Waals surface area (Å²) >= 11 is 1.26. The van der Waals surface area contributed by atoms with Gasteiger partial charge in [-0.15, -0.1) is 22.6 Å². The van der Waals surface area contributed by atoms with Crippen LogP contribution in [0.1, 0.15) is 29.3 Å². The number of piperidine rings is 1. The van der Waals surface area contributed by atoms with Gasteiger partial charge in [-0.25, -0.2) is 0 Å². The molecule has 1 fully saturated rings. The lowest BCUT2D eigenvalue weighted by atomic mass is 10.0. The van der Waals surface area contributed by atoms with Crippen molar-refractivity contribution >= 4 is 23.7 Å². The van der Waals surface area contributed by atoms with E-state index in [9.17, 15) is 13.2 Å². The van der Waals surface area contributed by atoms with Gasteiger partial charge >= 0.3 is 6.18 Å². The van der Waals surface area contributed by atoms with E-state index < -0.39 is 11.7 Å². The van der Waals surface area contributed by atoms with Crippen LogP contribution < -0.4 is 5.32 Å². The van der Waals surface area contributed by atoms with Crippen molar-refractivity contribution < 1.29 is 13.2 Å². The maximum atomic E-state index is 13.0. The summed E-state index contributed by atoms with van der Waals surface area (Å²) in [6.07, 6.45) is -2.32. The molecule has 8 heteroatoms. The number of alkyl halides is 3. The molecule has 0 aliphatic carbocycles. The fourth-order valence-electron chi connectivity index (χ4n) is 2.49. The Morgan fingerprint density at radius 1 is 1.18 bits per heavy atom. The summed E-state index contributed by atoms with van der Waals surface area (Å²) in [7, 11) is 0.